The van der Waals surface area contributed by atoms with Gasteiger partial charge in [0, 0.05) is 25.9 Å². The van der Waals surface area contributed by atoms with E-state index in [1.165, 1.54) is 6.26 Å². The number of guanidine groups is 1. The van der Waals surface area contributed by atoms with Gasteiger partial charge in [0.1, 0.15) is 9.84 Å². The third-order valence-corrected chi connectivity index (χ3v) is 4.57. The molecule has 7 heteroatoms. The smallest absolute Gasteiger partial charge is 0.191 e. The van der Waals surface area contributed by atoms with E-state index in [2.05, 4.69) is 39.9 Å². The van der Waals surface area contributed by atoms with Crippen molar-refractivity contribution >= 4 is 15.8 Å². The fourth-order valence-electron chi connectivity index (χ4n) is 2.09. The molecule has 1 atom stereocenters. The molecule has 142 valence electrons. The predicted octanol–water partition coefficient (Wildman–Crippen LogP) is 2.10. The standard InChI is InChI=1S/C18H31N3O3S/c1-14(2)24-13-17-8-6-16(7-9-17)12-20-18(19-4)21-15(3)10-11-25(5,22)23/h6-9,14-15H,10-13H2,1-5H3,(H2,19,20,21). The van der Waals surface area contributed by atoms with Gasteiger partial charge in [0.05, 0.1) is 18.5 Å². The summed E-state index contributed by atoms with van der Waals surface area (Å²) in [5.74, 6) is 0.825. The zero-order valence-electron chi connectivity index (χ0n) is 15.9. The molecule has 0 heterocycles. The van der Waals surface area contributed by atoms with Gasteiger partial charge in [-0.3, -0.25) is 4.99 Å². The Morgan fingerprint density at radius 3 is 2.28 bits per heavy atom. The highest BCUT2D eigenvalue weighted by Crippen LogP contribution is 2.07. The SMILES string of the molecule is CN=C(NCc1ccc(COC(C)C)cc1)NC(C)CCS(C)(=O)=O. The van der Waals surface area contributed by atoms with Crippen molar-refractivity contribution in [2.45, 2.75) is 52.5 Å². The number of rotatable bonds is 9. The van der Waals surface area contributed by atoms with Crippen molar-refractivity contribution in [1.82, 2.24) is 10.6 Å². The summed E-state index contributed by atoms with van der Waals surface area (Å²) in [6.45, 7) is 7.25. The van der Waals surface area contributed by atoms with E-state index in [0.29, 0.717) is 25.5 Å². The van der Waals surface area contributed by atoms with Crippen molar-refractivity contribution in [3.8, 4) is 0 Å². The summed E-state index contributed by atoms with van der Waals surface area (Å²) >= 11 is 0. The third kappa shape index (κ3) is 10.1. The molecule has 6 nitrogen and oxygen atoms in total. The number of sulfone groups is 1. The Labute approximate surface area is 152 Å². The molecule has 0 radical (unpaired) electrons. The molecular formula is C18H31N3O3S. The van der Waals surface area contributed by atoms with Gasteiger partial charge < -0.3 is 15.4 Å². The van der Waals surface area contributed by atoms with Crippen LogP contribution in [0.25, 0.3) is 0 Å². The molecular weight excluding hydrogens is 338 g/mol. The van der Waals surface area contributed by atoms with Crippen LogP contribution in [0.2, 0.25) is 0 Å². The average Bonchev–Trinajstić information content (AvgIpc) is 2.55. The van der Waals surface area contributed by atoms with Gasteiger partial charge in [-0.15, -0.1) is 0 Å². The van der Waals surface area contributed by atoms with Crippen LogP contribution in [-0.2, 0) is 27.7 Å². The number of benzene rings is 1. The summed E-state index contributed by atoms with van der Waals surface area (Å²) in [4.78, 5) is 4.18. The van der Waals surface area contributed by atoms with E-state index in [0.717, 1.165) is 11.1 Å². The maximum Gasteiger partial charge on any atom is 0.191 e. The fraction of sp³-hybridized carbons (Fsp3) is 0.611. The van der Waals surface area contributed by atoms with E-state index < -0.39 is 9.84 Å². The molecule has 0 fully saturated rings. The van der Waals surface area contributed by atoms with E-state index in [-0.39, 0.29) is 17.9 Å². The van der Waals surface area contributed by atoms with Crippen molar-refractivity contribution in [2.75, 3.05) is 19.1 Å². The topological polar surface area (TPSA) is 79.8 Å². The van der Waals surface area contributed by atoms with Crippen LogP contribution in [0.15, 0.2) is 29.3 Å². The number of nitrogens with one attached hydrogen (secondary N) is 2. The van der Waals surface area contributed by atoms with E-state index in [4.69, 9.17) is 4.74 Å². The number of ether oxygens (including phenoxy) is 1. The molecule has 1 aromatic rings. The number of hydrogen-bond acceptors (Lipinski definition) is 4. The Hall–Kier alpha value is -1.60. The van der Waals surface area contributed by atoms with Crippen molar-refractivity contribution in [3.63, 3.8) is 0 Å². The normalized spacial score (nSPS) is 13.8. The van der Waals surface area contributed by atoms with Crippen molar-refractivity contribution in [3.05, 3.63) is 35.4 Å². The lowest BCUT2D eigenvalue weighted by molar-refractivity contribution is 0.0657. The van der Waals surface area contributed by atoms with Gasteiger partial charge in [-0.1, -0.05) is 24.3 Å². The van der Waals surface area contributed by atoms with Crippen LogP contribution in [-0.4, -0.2) is 45.6 Å². The highest BCUT2D eigenvalue weighted by atomic mass is 32.2. The first kappa shape index (κ1) is 21.4. The molecule has 0 spiro atoms. The maximum atomic E-state index is 11.2. The fourth-order valence-corrected chi connectivity index (χ4v) is 2.87. The molecule has 0 aliphatic rings. The zero-order chi connectivity index (χ0) is 18.9. The van der Waals surface area contributed by atoms with E-state index in [1.54, 1.807) is 7.05 Å². The van der Waals surface area contributed by atoms with Gasteiger partial charge >= 0.3 is 0 Å². The highest BCUT2D eigenvalue weighted by Gasteiger charge is 2.09. The van der Waals surface area contributed by atoms with E-state index in [1.807, 2.05) is 20.8 Å². The number of aliphatic imine (C=N–C) groups is 1. The van der Waals surface area contributed by atoms with Crippen LogP contribution in [0.4, 0.5) is 0 Å². The molecule has 0 bridgehead atoms. The van der Waals surface area contributed by atoms with Crippen LogP contribution >= 0.6 is 0 Å². The molecule has 1 unspecified atom stereocenters. The van der Waals surface area contributed by atoms with Crippen LogP contribution in [0, 0.1) is 0 Å². The minimum atomic E-state index is -2.94. The average molecular weight is 370 g/mol. The second kappa shape index (κ2) is 10.4. The summed E-state index contributed by atoms with van der Waals surface area (Å²) in [7, 11) is -1.24. The summed E-state index contributed by atoms with van der Waals surface area (Å²) < 4.78 is 28.0. The van der Waals surface area contributed by atoms with Gasteiger partial charge in [-0.25, -0.2) is 8.42 Å². The van der Waals surface area contributed by atoms with Crippen molar-refractivity contribution in [1.29, 1.82) is 0 Å². The molecule has 1 aromatic carbocycles. The maximum absolute atomic E-state index is 11.2. The summed E-state index contributed by atoms with van der Waals surface area (Å²) in [5, 5.41) is 6.45. The Balaban J connectivity index is 2.43. The third-order valence-electron chi connectivity index (χ3n) is 3.59. The first-order valence-corrected chi connectivity index (χ1v) is 10.6. The molecule has 0 aromatic heterocycles. The molecule has 0 saturated carbocycles. The number of hydrogen-bond donors (Lipinski definition) is 2. The van der Waals surface area contributed by atoms with Gasteiger partial charge in [-0.2, -0.15) is 0 Å². The summed E-state index contributed by atoms with van der Waals surface area (Å²) in [6, 6.07) is 8.27. The van der Waals surface area contributed by atoms with Gasteiger partial charge in [0.25, 0.3) is 0 Å². The molecule has 0 amide bonds. The molecule has 1 rings (SSSR count). The van der Waals surface area contributed by atoms with E-state index >= 15 is 0 Å². The second-order valence-electron chi connectivity index (χ2n) is 6.57. The van der Waals surface area contributed by atoms with Crippen LogP contribution in [0.1, 0.15) is 38.3 Å². The largest absolute Gasteiger partial charge is 0.374 e. The second-order valence-corrected chi connectivity index (χ2v) is 8.83. The molecule has 0 saturated heterocycles. The van der Waals surface area contributed by atoms with Gasteiger partial charge in [0.2, 0.25) is 0 Å². The lowest BCUT2D eigenvalue weighted by Crippen LogP contribution is -2.42. The van der Waals surface area contributed by atoms with Crippen molar-refractivity contribution in [2.24, 2.45) is 4.99 Å². The highest BCUT2D eigenvalue weighted by molar-refractivity contribution is 7.90. The lowest BCUT2D eigenvalue weighted by atomic mass is 10.1. The Morgan fingerprint density at radius 1 is 1.16 bits per heavy atom. The minimum absolute atomic E-state index is 0.0245. The van der Waals surface area contributed by atoms with Crippen LogP contribution in [0.5, 0.6) is 0 Å². The Bertz CT molecular complexity index is 640. The molecule has 2 N–H and O–H groups in total. The quantitative estimate of drug-likeness (QED) is 0.515. The molecule has 25 heavy (non-hydrogen) atoms. The molecule has 0 aliphatic heterocycles. The monoisotopic (exact) mass is 369 g/mol. The van der Waals surface area contributed by atoms with E-state index in [9.17, 15) is 8.42 Å². The number of nitrogens with zero attached hydrogens (tertiary/aromatic N) is 1. The van der Waals surface area contributed by atoms with Crippen LogP contribution < -0.4 is 10.6 Å². The van der Waals surface area contributed by atoms with Gasteiger partial charge in [0.15, 0.2) is 5.96 Å². The lowest BCUT2D eigenvalue weighted by Gasteiger charge is -2.17. The first-order valence-electron chi connectivity index (χ1n) is 8.54. The van der Waals surface area contributed by atoms with Crippen LogP contribution in [0.3, 0.4) is 0 Å². The van der Waals surface area contributed by atoms with Crippen molar-refractivity contribution < 1.29 is 13.2 Å². The Kier molecular flexibility index (Phi) is 8.92. The first-order chi connectivity index (χ1) is 11.7. The summed E-state index contributed by atoms with van der Waals surface area (Å²) in [6.07, 6.45) is 2.02. The van der Waals surface area contributed by atoms with Gasteiger partial charge in [-0.05, 0) is 38.3 Å². The zero-order valence-corrected chi connectivity index (χ0v) is 16.7. The Morgan fingerprint density at radius 2 is 1.76 bits per heavy atom. The minimum Gasteiger partial charge on any atom is -0.374 e. The summed E-state index contributed by atoms with van der Waals surface area (Å²) in [5.41, 5.74) is 2.29. The molecule has 0 aliphatic carbocycles. The predicted molar refractivity (Wildman–Crippen MR) is 103 cm³/mol.